The molecule has 2 aromatic rings. The minimum absolute atomic E-state index is 0.727. The minimum atomic E-state index is 0.727. The zero-order chi connectivity index (χ0) is 11.2. The molecular formula is C14H13IO. The molecule has 1 nitrogen and oxygen atoms in total. The van der Waals surface area contributed by atoms with Gasteiger partial charge in [-0.15, -0.1) is 0 Å². The largest absolute Gasteiger partial charge is 0.493 e. The van der Waals surface area contributed by atoms with E-state index in [1.54, 1.807) is 0 Å². The molecule has 0 unspecified atom stereocenters. The quantitative estimate of drug-likeness (QED) is 0.775. The van der Waals surface area contributed by atoms with Gasteiger partial charge in [-0.3, -0.25) is 0 Å². The molecule has 0 aliphatic rings. The zero-order valence-corrected chi connectivity index (χ0v) is 11.1. The Morgan fingerprint density at radius 3 is 2.25 bits per heavy atom. The molecule has 0 spiro atoms. The second-order valence-corrected chi connectivity index (χ2v) is 4.78. The highest BCUT2D eigenvalue weighted by Gasteiger charge is 1.95. The summed E-state index contributed by atoms with van der Waals surface area (Å²) in [5, 5.41) is 0. The molecule has 0 saturated heterocycles. The molecule has 0 aliphatic heterocycles. The zero-order valence-electron chi connectivity index (χ0n) is 8.90. The van der Waals surface area contributed by atoms with Crippen molar-refractivity contribution < 1.29 is 4.74 Å². The van der Waals surface area contributed by atoms with E-state index in [4.69, 9.17) is 4.74 Å². The van der Waals surface area contributed by atoms with Crippen LogP contribution in [0.3, 0.4) is 0 Å². The maximum Gasteiger partial charge on any atom is 0.119 e. The first-order valence-electron chi connectivity index (χ1n) is 5.27. The first-order valence-corrected chi connectivity index (χ1v) is 6.35. The topological polar surface area (TPSA) is 9.23 Å². The molecule has 0 N–H and O–H groups in total. The van der Waals surface area contributed by atoms with E-state index in [-0.39, 0.29) is 0 Å². The third-order valence-corrected chi connectivity index (χ3v) is 3.04. The normalized spacial score (nSPS) is 10.1. The molecule has 0 fully saturated rings. The summed E-state index contributed by atoms with van der Waals surface area (Å²) in [6, 6.07) is 18.5. The van der Waals surface area contributed by atoms with Crippen LogP contribution < -0.4 is 4.74 Å². The Kier molecular flexibility index (Phi) is 4.22. The summed E-state index contributed by atoms with van der Waals surface area (Å²) in [4.78, 5) is 0. The fourth-order valence-electron chi connectivity index (χ4n) is 1.46. The van der Waals surface area contributed by atoms with Gasteiger partial charge >= 0.3 is 0 Å². The Morgan fingerprint density at radius 2 is 1.56 bits per heavy atom. The van der Waals surface area contributed by atoms with E-state index in [2.05, 4.69) is 59.0 Å². The second kappa shape index (κ2) is 5.89. The van der Waals surface area contributed by atoms with Gasteiger partial charge in [0.2, 0.25) is 0 Å². The van der Waals surface area contributed by atoms with Crippen molar-refractivity contribution in [3.05, 3.63) is 63.7 Å². The maximum absolute atomic E-state index is 5.66. The molecule has 0 heterocycles. The van der Waals surface area contributed by atoms with Crippen LogP contribution in [0.25, 0.3) is 0 Å². The van der Waals surface area contributed by atoms with Crippen LogP contribution in [0.4, 0.5) is 0 Å². The Morgan fingerprint density at radius 1 is 0.875 bits per heavy atom. The fraction of sp³-hybridized carbons (Fsp3) is 0.143. The molecule has 0 atom stereocenters. The molecule has 2 aromatic carbocycles. The Hall–Kier alpha value is -1.03. The third kappa shape index (κ3) is 3.52. The molecule has 82 valence electrons. The number of halogens is 1. The van der Waals surface area contributed by atoms with Crippen LogP contribution in [0.5, 0.6) is 5.75 Å². The van der Waals surface area contributed by atoms with E-state index >= 15 is 0 Å². The molecular weight excluding hydrogens is 311 g/mol. The molecule has 0 amide bonds. The van der Waals surface area contributed by atoms with Crippen molar-refractivity contribution in [2.45, 2.75) is 6.42 Å². The Labute approximate surface area is 110 Å². The van der Waals surface area contributed by atoms with Gasteiger partial charge in [0.15, 0.2) is 0 Å². The number of rotatable bonds is 4. The van der Waals surface area contributed by atoms with Crippen LogP contribution in [0.2, 0.25) is 0 Å². The molecule has 0 aromatic heterocycles. The summed E-state index contributed by atoms with van der Waals surface area (Å²) < 4.78 is 6.89. The molecule has 16 heavy (non-hydrogen) atoms. The smallest absolute Gasteiger partial charge is 0.119 e. The van der Waals surface area contributed by atoms with Crippen LogP contribution in [0.15, 0.2) is 54.6 Å². The molecule has 0 aliphatic carbocycles. The first-order chi connectivity index (χ1) is 7.84. The standard InChI is InChI=1S/C14H13IO/c15-13-6-8-14(9-7-13)16-11-10-12-4-2-1-3-5-12/h1-9H,10-11H2. The lowest BCUT2D eigenvalue weighted by molar-refractivity contribution is 0.322. The number of ether oxygens (including phenoxy) is 1. The summed E-state index contributed by atoms with van der Waals surface area (Å²) >= 11 is 2.29. The van der Waals surface area contributed by atoms with E-state index in [0.29, 0.717) is 0 Å². The van der Waals surface area contributed by atoms with Gasteiger partial charge in [-0.25, -0.2) is 0 Å². The lowest BCUT2D eigenvalue weighted by atomic mass is 10.2. The van der Waals surface area contributed by atoms with Crippen LogP contribution in [0.1, 0.15) is 5.56 Å². The molecule has 0 radical (unpaired) electrons. The van der Waals surface area contributed by atoms with Crippen molar-refractivity contribution in [2.24, 2.45) is 0 Å². The predicted molar refractivity (Wildman–Crippen MR) is 74.8 cm³/mol. The summed E-state index contributed by atoms with van der Waals surface area (Å²) in [6.07, 6.45) is 0.951. The van der Waals surface area contributed by atoms with Crippen LogP contribution in [-0.2, 0) is 6.42 Å². The molecule has 2 rings (SSSR count). The highest BCUT2D eigenvalue weighted by Crippen LogP contribution is 2.13. The third-order valence-electron chi connectivity index (χ3n) is 2.32. The minimum Gasteiger partial charge on any atom is -0.493 e. The average molecular weight is 324 g/mol. The van der Waals surface area contributed by atoms with Gasteiger partial charge in [0.1, 0.15) is 5.75 Å². The van der Waals surface area contributed by atoms with Crippen molar-refractivity contribution in [2.75, 3.05) is 6.61 Å². The lowest BCUT2D eigenvalue weighted by Gasteiger charge is -2.06. The highest BCUT2D eigenvalue weighted by molar-refractivity contribution is 14.1. The second-order valence-electron chi connectivity index (χ2n) is 3.54. The van der Waals surface area contributed by atoms with E-state index < -0.39 is 0 Å². The summed E-state index contributed by atoms with van der Waals surface area (Å²) in [7, 11) is 0. The monoisotopic (exact) mass is 324 g/mol. The lowest BCUT2D eigenvalue weighted by Crippen LogP contribution is -2.00. The van der Waals surface area contributed by atoms with Crippen LogP contribution in [0, 0.1) is 3.57 Å². The van der Waals surface area contributed by atoms with Crippen molar-refractivity contribution in [3.8, 4) is 5.75 Å². The summed E-state index contributed by atoms with van der Waals surface area (Å²) in [5.74, 6) is 0.941. The van der Waals surface area contributed by atoms with E-state index in [1.165, 1.54) is 9.13 Å². The van der Waals surface area contributed by atoms with Gasteiger partial charge in [-0.1, -0.05) is 30.3 Å². The Bertz CT molecular complexity index is 422. The van der Waals surface area contributed by atoms with E-state index in [9.17, 15) is 0 Å². The maximum atomic E-state index is 5.66. The first kappa shape index (κ1) is 11.5. The van der Waals surface area contributed by atoms with Crippen molar-refractivity contribution in [3.63, 3.8) is 0 Å². The van der Waals surface area contributed by atoms with E-state index in [1.807, 2.05) is 18.2 Å². The molecule has 2 heteroatoms. The van der Waals surface area contributed by atoms with Crippen molar-refractivity contribution in [1.29, 1.82) is 0 Å². The summed E-state index contributed by atoms with van der Waals surface area (Å²) in [6.45, 7) is 0.727. The summed E-state index contributed by atoms with van der Waals surface area (Å²) in [5.41, 5.74) is 1.31. The predicted octanol–water partition coefficient (Wildman–Crippen LogP) is 3.91. The van der Waals surface area contributed by atoms with Gasteiger partial charge < -0.3 is 4.74 Å². The van der Waals surface area contributed by atoms with Gasteiger partial charge in [0.25, 0.3) is 0 Å². The van der Waals surface area contributed by atoms with E-state index in [0.717, 1.165) is 18.8 Å². The average Bonchev–Trinajstić information content (AvgIpc) is 2.33. The number of hydrogen-bond acceptors (Lipinski definition) is 1. The van der Waals surface area contributed by atoms with Gasteiger partial charge in [0, 0.05) is 9.99 Å². The van der Waals surface area contributed by atoms with Crippen molar-refractivity contribution >= 4 is 22.6 Å². The van der Waals surface area contributed by atoms with Gasteiger partial charge in [-0.05, 0) is 52.4 Å². The Balaban J connectivity index is 1.82. The molecule has 0 bridgehead atoms. The fourth-order valence-corrected chi connectivity index (χ4v) is 1.82. The number of benzene rings is 2. The van der Waals surface area contributed by atoms with Gasteiger partial charge in [0.05, 0.1) is 6.61 Å². The van der Waals surface area contributed by atoms with Crippen LogP contribution in [-0.4, -0.2) is 6.61 Å². The van der Waals surface area contributed by atoms with Crippen molar-refractivity contribution in [1.82, 2.24) is 0 Å². The van der Waals surface area contributed by atoms with Crippen LogP contribution >= 0.6 is 22.6 Å². The molecule has 0 saturated carbocycles. The van der Waals surface area contributed by atoms with Gasteiger partial charge in [-0.2, -0.15) is 0 Å². The SMILES string of the molecule is Ic1ccc(OCCc2ccccc2)cc1. The number of hydrogen-bond donors (Lipinski definition) is 0. The highest BCUT2D eigenvalue weighted by atomic mass is 127.